The maximum absolute atomic E-state index is 4.30. The van der Waals surface area contributed by atoms with Crippen LogP contribution in [0.3, 0.4) is 0 Å². The van der Waals surface area contributed by atoms with Gasteiger partial charge in [0.25, 0.3) is 0 Å². The molecular weight excluding hydrogens is 170 g/mol. The summed E-state index contributed by atoms with van der Waals surface area (Å²) in [6, 6.07) is 0. The van der Waals surface area contributed by atoms with Gasteiger partial charge in [-0.3, -0.25) is 4.99 Å². The van der Waals surface area contributed by atoms with Crippen LogP contribution in [0, 0.1) is 5.92 Å². The first-order chi connectivity index (χ1) is 6.63. The lowest BCUT2D eigenvalue weighted by molar-refractivity contribution is 0.777. The van der Waals surface area contributed by atoms with Gasteiger partial charge in [-0.15, -0.1) is 6.58 Å². The van der Waals surface area contributed by atoms with E-state index in [4.69, 9.17) is 0 Å². The third-order valence-electron chi connectivity index (χ3n) is 1.96. The lowest BCUT2D eigenvalue weighted by atomic mass is 10.0. The Morgan fingerprint density at radius 3 is 2.50 bits per heavy atom. The van der Waals surface area contributed by atoms with Crippen LogP contribution in [0.4, 0.5) is 0 Å². The van der Waals surface area contributed by atoms with E-state index >= 15 is 0 Å². The second-order valence-corrected chi connectivity index (χ2v) is 3.51. The van der Waals surface area contributed by atoms with Gasteiger partial charge in [-0.2, -0.15) is 0 Å². The Hall–Kier alpha value is -1.11. The maximum atomic E-state index is 4.30. The third-order valence-corrected chi connectivity index (χ3v) is 1.96. The fourth-order valence-corrected chi connectivity index (χ4v) is 1.29. The molecule has 1 heteroatoms. The molecule has 1 nitrogen and oxygen atoms in total. The summed E-state index contributed by atoms with van der Waals surface area (Å²) in [4.78, 5) is 4.30. The minimum Gasteiger partial charge on any atom is -0.266 e. The zero-order valence-electron chi connectivity index (χ0n) is 9.75. The number of hydrogen-bond acceptors (Lipinski definition) is 1. The van der Waals surface area contributed by atoms with Crippen molar-refractivity contribution < 1.29 is 0 Å². The number of nitrogens with zero attached hydrogens (tertiary/aromatic N) is 1. The largest absolute Gasteiger partial charge is 0.266 e. The van der Waals surface area contributed by atoms with Crippen molar-refractivity contribution in [3.8, 4) is 0 Å². The van der Waals surface area contributed by atoms with E-state index in [-0.39, 0.29) is 0 Å². The van der Waals surface area contributed by atoms with E-state index in [9.17, 15) is 0 Å². The van der Waals surface area contributed by atoms with Crippen LogP contribution in [0.1, 0.15) is 34.1 Å². The summed E-state index contributed by atoms with van der Waals surface area (Å²) in [6.07, 6.45) is 8.91. The van der Waals surface area contributed by atoms with Crippen molar-refractivity contribution in [3.05, 3.63) is 36.1 Å². The molecule has 0 aliphatic carbocycles. The van der Waals surface area contributed by atoms with Crippen LogP contribution in [-0.4, -0.2) is 6.21 Å². The first kappa shape index (κ1) is 12.9. The molecule has 0 amide bonds. The van der Waals surface area contributed by atoms with Gasteiger partial charge in [0, 0.05) is 11.9 Å². The molecule has 0 aromatic heterocycles. The van der Waals surface area contributed by atoms with Gasteiger partial charge < -0.3 is 0 Å². The van der Waals surface area contributed by atoms with Gasteiger partial charge in [0.15, 0.2) is 0 Å². The van der Waals surface area contributed by atoms with Crippen LogP contribution in [0.2, 0.25) is 0 Å². The SMILES string of the molecule is C=CC/C=C\C(=C(/C)N=CC)C(C)C. The number of aliphatic imine (C=N–C) groups is 1. The number of hydrogen-bond donors (Lipinski definition) is 0. The van der Waals surface area contributed by atoms with Crippen LogP contribution >= 0.6 is 0 Å². The molecule has 0 rings (SSSR count). The van der Waals surface area contributed by atoms with E-state index in [0.717, 1.165) is 12.1 Å². The van der Waals surface area contributed by atoms with Crippen LogP contribution in [0.15, 0.2) is 41.1 Å². The van der Waals surface area contributed by atoms with Gasteiger partial charge in [-0.25, -0.2) is 0 Å². The summed E-state index contributed by atoms with van der Waals surface area (Å²) in [6.45, 7) is 12.0. The van der Waals surface area contributed by atoms with E-state index in [1.54, 1.807) is 0 Å². The highest BCUT2D eigenvalue weighted by atomic mass is 14.7. The lowest BCUT2D eigenvalue weighted by Gasteiger charge is -2.08. The topological polar surface area (TPSA) is 12.4 Å². The molecule has 0 heterocycles. The fourth-order valence-electron chi connectivity index (χ4n) is 1.29. The Labute approximate surface area is 87.9 Å². The van der Waals surface area contributed by atoms with Gasteiger partial charge >= 0.3 is 0 Å². The zero-order chi connectivity index (χ0) is 11.0. The first-order valence-corrected chi connectivity index (χ1v) is 5.10. The molecule has 0 aromatic carbocycles. The van der Waals surface area contributed by atoms with Crippen molar-refractivity contribution in [1.29, 1.82) is 0 Å². The molecule has 0 aromatic rings. The minimum absolute atomic E-state index is 0.514. The van der Waals surface area contributed by atoms with E-state index in [2.05, 4.69) is 37.6 Å². The lowest BCUT2D eigenvalue weighted by Crippen LogP contribution is -1.93. The molecule has 0 aliphatic heterocycles. The van der Waals surface area contributed by atoms with E-state index in [1.165, 1.54) is 5.57 Å². The Morgan fingerprint density at radius 1 is 1.43 bits per heavy atom. The molecule has 0 fully saturated rings. The summed E-state index contributed by atoms with van der Waals surface area (Å²) in [5.74, 6) is 0.514. The highest BCUT2D eigenvalue weighted by molar-refractivity contribution is 5.55. The predicted molar refractivity (Wildman–Crippen MR) is 65.7 cm³/mol. The average molecular weight is 191 g/mol. The second-order valence-electron chi connectivity index (χ2n) is 3.51. The summed E-state index contributed by atoms with van der Waals surface area (Å²) in [5.41, 5.74) is 2.40. The number of allylic oxidation sites excluding steroid dienone is 5. The van der Waals surface area contributed by atoms with E-state index < -0.39 is 0 Å². The maximum Gasteiger partial charge on any atom is 0.0403 e. The zero-order valence-corrected chi connectivity index (χ0v) is 9.75. The molecule has 0 atom stereocenters. The summed E-state index contributed by atoms with van der Waals surface area (Å²) >= 11 is 0. The molecule has 0 N–H and O–H groups in total. The summed E-state index contributed by atoms with van der Waals surface area (Å²) in [7, 11) is 0. The Kier molecular flexibility index (Phi) is 6.73. The van der Waals surface area contributed by atoms with Crippen molar-refractivity contribution in [3.63, 3.8) is 0 Å². The molecule has 0 spiro atoms. The molecule has 0 unspecified atom stereocenters. The molecule has 0 saturated carbocycles. The quantitative estimate of drug-likeness (QED) is 0.352. The standard InChI is InChI=1S/C13H21N/c1-6-8-9-10-13(11(3)4)12(5)14-7-2/h6-7,9-11H,1,8H2,2-5H3/b10-9-,13-12-,14-7?. The summed E-state index contributed by atoms with van der Waals surface area (Å²) < 4.78 is 0. The fraction of sp³-hybridized carbons (Fsp3) is 0.462. The predicted octanol–water partition coefficient (Wildman–Crippen LogP) is 4.14. The van der Waals surface area contributed by atoms with Crippen LogP contribution in [-0.2, 0) is 0 Å². The molecule has 0 bridgehead atoms. The molecule has 0 aliphatic rings. The van der Waals surface area contributed by atoms with Crippen molar-refractivity contribution in [2.45, 2.75) is 34.1 Å². The molecule has 78 valence electrons. The highest BCUT2D eigenvalue weighted by Crippen LogP contribution is 2.17. The first-order valence-electron chi connectivity index (χ1n) is 5.10. The molecule has 0 radical (unpaired) electrons. The second kappa shape index (κ2) is 7.31. The monoisotopic (exact) mass is 191 g/mol. The molecule has 14 heavy (non-hydrogen) atoms. The van der Waals surface area contributed by atoms with Crippen molar-refractivity contribution >= 4 is 6.21 Å². The van der Waals surface area contributed by atoms with Gasteiger partial charge in [0.1, 0.15) is 0 Å². The van der Waals surface area contributed by atoms with Crippen molar-refractivity contribution in [2.75, 3.05) is 0 Å². The summed E-state index contributed by atoms with van der Waals surface area (Å²) in [5, 5.41) is 0. The van der Waals surface area contributed by atoms with Crippen molar-refractivity contribution in [1.82, 2.24) is 0 Å². The highest BCUT2D eigenvalue weighted by Gasteiger charge is 2.02. The van der Waals surface area contributed by atoms with Crippen LogP contribution < -0.4 is 0 Å². The Balaban J connectivity index is 4.75. The van der Waals surface area contributed by atoms with Crippen LogP contribution in [0.5, 0.6) is 0 Å². The third kappa shape index (κ3) is 4.80. The van der Waals surface area contributed by atoms with Gasteiger partial charge in [0.05, 0.1) is 0 Å². The van der Waals surface area contributed by atoms with Gasteiger partial charge in [0.2, 0.25) is 0 Å². The minimum atomic E-state index is 0.514. The van der Waals surface area contributed by atoms with E-state index in [0.29, 0.717) is 5.92 Å². The molecular formula is C13H21N. The Bertz CT molecular complexity index is 254. The smallest absolute Gasteiger partial charge is 0.0403 e. The Morgan fingerprint density at radius 2 is 2.07 bits per heavy atom. The van der Waals surface area contributed by atoms with Crippen LogP contribution in [0.25, 0.3) is 0 Å². The molecule has 0 saturated heterocycles. The number of rotatable bonds is 5. The van der Waals surface area contributed by atoms with Crippen molar-refractivity contribution in [2.24, 2.45) is 10.9 Å². The van der Waals surface area contributed by atoms with Gasteiger partial charge in [-0.1, -0.05) is 32.1 Å². The van der Waals surface area contributed by atoms with E-state index in [1.807, 2.05) is 26.1 Å². The normalized spacial score (nSPS) is 14.1. The average Bonchev–Trinajstić information content (AvgIpc) is 2.12. The van der Waals surface area contributed by atoms with Gasteiger partial charge in [-0.05, 0) is 31.8 Å².